The van der Waals surface area contributed by atoms with Crippen LogP contribution >= 0.6 is 0 Å². The van der Waals surface area contributed by atoms with Crippen molar-refractivity contribution in [3.05, 3.63) is 85.3 Å². The molecule has 170 valence electrons. The number of rotatable bonds is 6. The first kappa shape index (κ1) is 21.5. The van der Waals surface area contributed by atoms with Gasteiger partial charge in [0.2, 0.25) is 5.88 Å². The minimum Gasteiger partial charge on any atom is -0.480 e. The molecule has 1 aromatic carbocycles. The number of H-pyrrole nitrogens is 1. The summed E-state index contributed by atoms with van der Waals surface area (Å²) in [6.45, 7) is 0. The Morgan fingerprint density at radius 3 is 2.47 bits per heavy atom. The molecular weight excluding hydrogens is 457 g/mol. The van der Waals surface area contributed by atoms with Crippen molar-refractivity contribution in [1.29, 1.82) is 0 Å². The lowest BCUT2D eigenvalue weighted by Gasteiger charge is -2.13. The highest BCUT2D eigenvalue weighted by Gasteiger charge is 2.21. The van der Waals surface area contributed by atoms with Crippen LogP contribution in [-0.4, -0.2) is 35.5 Å². The average Bonchev–Trinajstić information content (AvgIpc) is 3.28. The monoisotopic (exact) mass is 475 g/mol. The van der Waals surface area contributed by atoms with E-state index in [-0.39, 0.29) is 11.6 Å². The van der Waals surface area contributed by atoms with E-state index in [2.05, 4.69) is 24.7 Å². The van der Waals surface area contributed by atoms with Gasteiger partial charge in [0.05, 0.1) is 7.11 Å². The minimum absolute atomic E-state index is 0.0526. The molecule has 0 aliphatic rings. The van der Waals surface area contributed by atoms with Crippen molar-refractivity contribution in [3.63, 3.8) is 0 Å². The molecule has 10 heteroatoms. The maximum absolute atomic E-state index is 14.1. The number of benzene rings is 1. The summed E-state index contributed by atoms with van der Waals surface area (Å²) in [4.78, 5) is 15.5. The largest absolute Gasteiger partial charge is 0.480 e. The fourth-order valence-corrected chi connectivity index (χ4v) is 4.77. The van der Waals surface area contributed by atoms with E-state index in [0.717, 1.165) is 22.6 Å². The average molecular weight is 476 g/mol. The second-order valence-corrected chi connectivity index (χ2v) is 9.03. The van der Waals surface area contributed by atoms with Crippen LogP contribution in [0.1, 0.15) is 0 Å². The predicted molar refractivity (Wildman–Crippen MR) is 126 cm³/mol. The lowest BCUT2D eigenvalue weighted by atomic mass is 10.0. The van der Waals surface area contributed by atoms with Crippen molar-refractivity contribution in [2.75, 3.05) is 11.8 Å². The van der Waals surface area contributed by atoms with Crippen LogP contribution in [-0.2, 0) is 10.0 Å². The van der Waals surface area contributed by atoms with Gasteiger partial charge in [-0.1, -0.05) is 12.1 Å². The highest BCUT2D eigenvalue weighted by atomic mass is 32.2. The molecule has 0 aliphatic heterocycles. The molecule has 0 atom stereocenters. The summed E-state index contributed by atoms with van der Waals surface area (Å²) in [5, 5.41) is 0.882. The van der Waals surface area contributed by atoms with Gasteiger partial charge in [-0.05, 0) is 42.0 Å². The first-order valence-corrected chi connectivity index (χ1v) is 11.6. The molecule has 0 fully saturated rings. The van der Waals surface area contributed by atoms with Crippen LogP contribution in [0.25, 0.3) is 33.3 Å². The number of sulfonamides is 1. The number of halogens is 1. The number of hydrogen-bond acceptors (Lipinski definition) is 6. The number of aromatic nitrogens is 4. The molecule has 0 unspecified atom stereocenters. The van der Waals surface area contributed by atoms with Crippen molar-refractivity contribution in [2.45, 2.75) is 4.90 Å². The summed E-state index contributed by atoms with van der Waals surface area (Å²) >= 11 is 0. The zero-order chi connectivity index (χ0) is 23.7. The Balaban J connectivity index is 1.57. The van der Waals surface area contributed by atoms with Crippen LogP contribution in [0, 0.1) is 5.82 Å². The minimum atomic E-state index is -4.22. The van der Waals surface area contributed by atoms with Gasteiger partial charge >= 0.3 is 0 Å². The topological polar surface area (TPSA) is 110 Å². The number of hydrogen-bond donors (Lipinski definition) is 2. The molecule has 0 bridgehead atoms. The summed E-state index contributed by atoms with van der Waals surface area (Å²) in [7, 11) is -2.84. The van der Waals surface area contributed by atoms with E-state index in [4.69, 9.17) is 4.74 Å². The molecule has 0 spiro atoms. The normalized spacial score (nSPS) is 11.5. The van der Waals surface area contributed by atoms with Crippen molar-refractivity contribution >= 4 is 26.7 Å². The Labute approximate surface area is 194 Å². The lowest BCUT2D eigenvalue weighted by molar-refractivity contribution is 0.400. The van der Waals surface area contributed by atoms with Gasteiger partial charge in [-0.25, -0.2) is 22.8 Å². The number of fused-ring (bicyclic) bond motifs is 1. The number of ether oxygens (including phenoxy) is 1. The van der Waals surface area contributed by atoms with Gasteiger partial charge in [0.25, 0.3) is 10.0 Å². The molecule has 0 amide bonds. The number of anilines is 1. The molecule has 0 aliphatic carbocycles. The molecule has 8 nitrogen and oxygen atoms in total. The number of nitrogens with one attached hydrogen (secondary N) is 2. The summed E-state index contributed by atoms with van der Waals surface area (Å²) in [6, 6.07) is 12.5. The first-order valence-electron chi connectivity index (χ1n) is 10.2. The van der Waals surface area contributed by atoms with Crippen molar-refractivity contribution in [2.24, 2.45) is 0 Å². The molecule has 5 rings (SSSR count). The van der Waals surface area contributed by atoms with Crippen LogP contribution in [0.15, 0.2) is 84.4 Å². The molecule has 0 saturated carbocycles. The van der Waals surface area contributed by atoms with E-state index < -0.39 is 20.7 Å². The zero-order valence-corrected chi connectivity index (χ0v) is 18.7. The van der Waals surface area contributed by atoms with Gasteiger partial charge < -0.3 is 9.72 Å². The first-order chi connectivity index (χ1) is 16.5. The highest BCUT2D eigenvalue weighted by Crippen LogP contribution is 2.33. The van der Waals surface area contributed by atoms with Crippen molar-refractivity contribution < 1.29 is 17.5 Å². The Hall–Kier alpha value is -4.31. The summed E-state index contributed by atoms with van der Waals surface area (Å²) in [5.41, 5.74) is 4.02. The van der Waals surface area contributed by atoms with Gasteiger partial charge in [-0.15, -0.1) is 0 Å². The van der Waals surface area contributed by atoms with Crippen LogP contribution in [0.3, 0.4) is 0 Å². The van der Waals surface area contributed by atoms with Crippen molar-refractivity contribution in [3.8, 4) is 28.1 Å². The van der Waals surface area contributed by atoms with Crippen LogP contribution < -0.4 is 9.46 Å². The van der Waals surface area contributed by atoms with Crippen LogP contribution in [0.5, 0.6) is 5.88 Å². The predicted octanol–water partition coefficient (Wildman–Crippen LogP) is 4.64. The number of aromatic amines is 1. The molecule has 0 saturated heterocycles. The van der Waals surface area contributed by atoms with Crippen LogP contribution in [0.2, 0.25) is 0 Å². The summed E-state index contributed by atoms with van der Waals surface area (Å²) < 4.78 is 47.4. The third-order valence-corrected chi connectivity index (χ3v) is 6.67. The van der Waals surface area contributed by atoms with Gasteiger partial charge in [0.1, 0.15) is 22.0 Å². The molecule has 0 radical (unpaired) electrons. The van der Waals surface area contributed by atoms with Gasteiger partial charge in [0.15, 0.2) is 0 Å². The number of pyridine rings is 3. The lowest BCUT2D eigenvalue weighted by Crippen LogP contribution is -2.15. The van der Waals surface area contributed by atoms with E-state index in [1.807, 2.05) is 24.4 Å². The Morgan fingerprint density at radius 1 is 0.971 bits per heavy atom. The van der Waals surface area contributed by atoms with E-state index in [9.17, 15) is 12.8 Å². The SMILES string of the molecule is COc1ncc(-c2cnc3[nH]cc(-c4ccncc4)c3c2)cc1NS(=O)(=O)c1ccccc1F. The zero-order valence-electron chi connectivity index (χ0n) is 17.9. The fraction of sp³-hybridized carbons (Fsp3) is 0.0417. The molecule has 2 N–H and O–H groups in total. The second kappa shape index (κ2) is 8.56. The third kappa shape index (κ3) is 3.95. The maximum atomic E-state index is 14.1. The number of nitrogens with zero attached hydrogens (tertiary/aromatic N) is 3. The Kier molecular flexibility index (Phi) is 5.42. The molecule has 5 aromatic rings. The van der Waals surface area contributed by atoms with Gasteiger partial charge in [-0.2, -0.15) is 0 Å². The van der Waals surface area contributed by atoms with Gasteiger partial charge in [-0.3, -0.25) is 9.71 Å². The highest BCUT2D eigenvalue weighted by molar-refractivity contribution is 7.92. The molecule has 34 heavy (non-hydrogen) atoms. The molecule has 4 heterocycles. The van der Waals surface area contributed by atoms with E-state index in [1.165, 1.54) is 25.3 Å². The number of methoxy groups -OCH3 is 1. The summed E-state index contributed by atoms with van der Waals surface area (Å²) in [6.07, 6.45) is 8.52. The molecular formula is C24H18FN5O3S. The second-order valence-electron chi connectivity index (χ2n) is 7.38. The third-order valence-electron chi connectivity index (χ3n) is 5.27. The molecule has 4 aromatic heterocycles. The quantitative estimate of drug-likeness (QED) is 0.370. The fourth-order valence-electron chi connectivity index (χ4n) is 3.64. The van der Waals surface area contributed by atoms with Gasteiger partial charge in [0, 0.05) is 53.1 Å². The Morgan fingerprint density at radius 2 is 1.71 bits per heavy atom. The van der Waals surface area contributed by atoms with E-state index >= 15 is 0 Å². The summed E-state index contributed by atoms with van der Waals surface area (Å²) in [5.74, 6) is -0.805. The maximum Gasteiger partial charge on any atom is 0.264 e. The van der Waals surface area contributed by atoms with E-state index in [1.54, 1.807) is 30.9 Å². The smallest absolute Gasteiger partial charge is 0.264 e. The van der Waals surface area contributed by atoms with Crippen molar-refractivity contribution in [1.82, 2.24) is 19.9 Å². The van der Waals surface area contributed by atoms with Crippen LogP contribution in [0.4, 0.5) is 10.1 Å². The van der Waals surface area contributed by atoms with E-state index in [0.29, 0.717) is 16.8 Å². The Bertz CT molecular complexity index is 1600. The standard InChI is InChI=1S/C24H18FN5O3S/c1-33-24-21(30-34(31,32)22-5-3-2-4-20(22)25)11-17(13-29-24)16-10-18-19(14-28-23(18)27-12-16)15-6-8-26-9-7-15/h2-14,30H,1H3,(H,27,28).